The first kappa shape index (κ1) is 13.9. The van der Waals surface area contributed by atoms with Gasteiger partial charge in [0.05, 0.1) is 10.4 Å². The minimum Gasteiger partial charge on any atom is -0.325 e. The fourth-order valence-corrected chi connectivity index (χ4v) is 3.17. The molecule has 1 aromatic heterocycles. The van der Waals surface area contributed by atoms with Gasteiger partial charge in [-0.25, -0.2) is 9.97 Å². The van der Waals surface area contributed by atoms with Crippen LogP contribution in [0.3, 0.4) is 0 Å². The van der Waals surface area contributed by atoms with Crippen LogP contribution in [0.25, 0.3) is 10.9 Å². The molecule has 4 rings (SSSR count). The van der Waals surface area contributed by atoms with Crippen molar-refractivity contribution in [3.05, 3.63) is 63.4 Å². The third-order valence-corrected chi connectivity index (χ3v) is 4.25. The molecule has 0 fully saturated rings. The summed E-state index contributed by atoms with van der Waals surface area (Å²) >= 11 is 6.11. The Morgan fingerprint density at radius 1 is 1.22 bits per heavy atom. The topological polar surface area (TPSA) is 72.2 Å². The van der Waals surface area contributed by atoms with Gasteiger partial charge in [0.1, 0.15) is 11.7 Å². The molecule has 0 saturated carbocycles. The predicted octanol–water partition coefficient (Wildman–Crippen LogP) is 3.89. The van der Waals surface area contributed by atoms with Gasteiger partial charge in [-0.05, 0) is 30.2 Å². The van der Waals surface area contributed by atoms with E-state index in [1.165, 1.54) is 12.4 Å². The molecule has 114 valence electrons. The number of halogens is 1. The number of benzene rings is 2. The standard InChI is InChI=1S/C16H11ClN4O2/c17-11-5-4-10-6-7-20(14(10)8-11)16-15-12(18-9-19-16)2-1-3-13(15)21(22)23/h1-5,8-9H,6-7H2. The van der Waals surface area contributed by atoms with Crippen LogP contribution in [0, 0.1) is 10.1 Å². The Bertz CT molecular complexity index is 939. The number of hydrogen-bond acceptors (Lipinski definition) is 5. The number of fused-ring (bicyclic) bond motifs is 2. The molecule has 7 heteroatoms. The third kappa shape index (κ3) is 2.19. The Morgan fingerprint density at radius 3 is 2.91 bits per heavy atom. The van der Waals surface area contributed by atoms with Crippen LogP contribution in [0.1, 0.15) is 5.56 Å². The lowest BCUT2D eigenvalue weighted by molar-refractivity contribution is -0.383. The summed E-state index contributed by atoms with van der Waals surface area (Å²) in [6, 6.07) is 10.6. The first-order valence-corrected chi connectivity index (χ1v) is 7.47. The Morgan fingerprint density at radius 2 is 2.09 bits per heavy atom. The van der Waals surface area contributed by atoms with Crippen LogP contribution in [-0.2, 0) is 6.42 Å². The number of non-ortho nitro benzene ring substituents is 1. The molecule has 0 spiro atoms. The van der Waals surface area contributed by atoms with Crippen molar-refractivity contribution < 1.29 is 4.92 Å². The molecule has 3 aromatic rings. The lowest BCUT2D eigenvalue weighted by Gasteiger charge is -2.19. The van der Waals surface area contributed by atoms with E-state index in [-0.39, 0.29) is 5.69 Å². The van der Waals surface area contributed by atoms with E-state index in [0.717, 1.165) is 17.7 Å². The second-order valence-electron chi connectivity index (χ2n) is 5.30. The summed E-state index contributed by atoms with van der Waals surface area (Å²) in [5.41, 5.74) is 2.66. The predicted molar refractivity (Wildman–Crippen MR) is 88.4 cm³/mol. The molecule has 0 aliphatic carbocycles. The van der Waals surface area contributed by atoms with E-state index < -0.39 is 4.92 Å². The molecule has 6 nitrogen and oxygen atoms in total. The Labute approximate surface area is 136 Å². The second kappa shape index (κ2) is 5.17. The van der Waals surface area contributed by atoms with Crippen LogP contribution in [0.2, 0.25) is 5.02 Å². The van der Waals surface area contributed by atoms with Crippen molar-refractivity contribution >= 4 is 39.7 Å². The van der Waals surface area contributed by atoms with E-state index in [1.54, 1.807) is 12.1 Å². The molecule has 1 aliphatic rings. The largest absolute Gasteiger partial charge is 0.325 e. The van der Waals surface area contributed by atoms with Gasteiger partial charge in [0.15, 0.2) is 5.82 Å². The number of aromatic nitrogens is 2. The van der Waals surface area contributed by atoms with Crippen molar-refractivity contribution in [1.82, 2.24) is 9.97 Å². The summed E-state index contributed by atoms with van der Waals surface area (Å²) < 4.78 is 0. The monoisotopic (exact) mass is 326 g/mol. The fraction of sp³-hybridized carbons (Fsp3) is 0.125. The lowest BCUT2D eigenvalue weighted by Crippen LogP contribution is -2.16. The number of hydrogen-bond donors (Lipinski definition) is 0. The summed E-state index contributed by atoms with van der Waals surface area (Å²) in [4.78, 5) is 21.5. The zero-order valence-corrected chi connectivity index (χ0v) is 12.7. The van der Waals surface area contributed by atoms with Crippen LogP contribution >= 0.6 is 11.6 Å². The summed E-state index contributed by atoms with van der Waals surface area (Å²) in [6.07, 6.45) is 2.28. The zero-order valence-electron chi connectivity index (χ0n) is 11.9. The maximum atomic E-state index is 11.4. The molecule has 0 radical (unpaired) electrons. The fourth-order valence-electron chi connectivity index (χ4n) is 3.00. The van der Waals surface area contributed by atoms with Gasteiger partial charge in [0.2, 0.25) is 0 Å². The van der Waals surface area contributed by atoms with Crippen molar-refractivity contribution in [1.29, 1.82) is 0 Å². The molecular weight excluding hydrogens is 316 g/mol. The van der Waals surface area contributed by atoms with E-state index in [4.69, 9.17) is 11.6 Å². The van der Waals surface area contributed by atoms with Gasteiger partial charge in [0, 0.05) is 23.3 Å². The Balaban J connectivity index is 1.98. The minimum atomic E-state index is -0.399. The summed E-state index contributed by atoms with van der Waals surface area (Å²) in [5.74, 6) is 0.545. The smallest absolute Gasteiger partial charge is 0.282 e. The van der Waals surface area contributed by atoms with E-state index in [2.05, 4.69) is 9.97 Å². The highest BCUT2D eigenvalue weighted by molar-refractivity contribution is 6.31. The molecule has 0 saturated heterocycles. The first-order chi connectivity index (χ1) is 11.1. The maximum Gasteiger partial charge on any atom is 0.282 e. The van der Waals surface area contributed by atoms with Gasteiger partial charge in [-0.2, -0.15) is 0 Å². The van der Waals surface area contributed by atoms with Gasteiger partial charge in [-0.1, -0.05) is 23.7 Å². The van der Waals surface area contributed by atoms with Crippen LogP contribution in [0.5, 0.6) is 0 Å². The molecule has 0 bridgehead atoms. The Kier molecular flexibility index (Phi) is 3.12. The van der Waals surface area contributed by atoms with Crippen LogP contribution < -0.4 is 4.90 Å². The summed E-state index contributed by atoms with van der Waals surface area (Å²) in [6.45, 7) is 0.702. The summed E-state index contributed by atoms with van der Waals surface area (Å²) in [7, 11) is 0. The minimum absolute atomic E-state index is 0.00794. The van der Waals surface area contributed by atoms with Crippen LogP contribution in [0.15, 0.2) is 42.7 Å². The normalized spacial score (nSPS) is 13.3. The molecule has 2 aromatic carbocycles. The number of rotatable bonds is 2. The molecule has 0 amide bonds. The maximum absolute atomic E-state index is 11.4. The van der Waals surface area contributed by atoms with Gasteiger partial charge < -0.3 is 4.90 Å². The number of anilines is 2. The second-order valence-corrected chi connectivity index (χ2v) is 5.74. The van der Waals surface area contributed by atoms with Gasteiger partial charge in [0.25, 0.3) is 5.69 Å². The van der Waals surface area contributed by atoms with E-state index >= 15 is 0 Å². The van der Waals surface area contributed by atoms with Crippen LogP contribution in [0.4, 0.5) is 17.2 Å². The number of nitro benzene ring substituents is 1. The average molecular weight is 327 g/mol. The highest BCUT2D eigenvalue weighted by atomic mass is 35.5. The third-order valence-electron chi connectivity index (χ3n) is 4.02. The van der Waals surface area contributed by atoms with Crippen molar-refractivity contribution in [3.63, 3.8) is 0 Å². The van der Waals surface area contributed by atoms with Crippen molar-refractivity contribution in [2.75, 3.05) is 11.4 Å². The van der Waals surface area contributed by atoms with E-state index in [1.807, 2.05) is 23.1 Å². The van der Waals surface area contributed by atoms with E-state index in [9.17, 15) is 10.1 Å². The van der Waals surface area contributed by atoms with Gasteiger partial charge in [-0.3, -0.25) is 10.1 Å². The van der Waals surface area contributed by atoms with E-state index in [0.29, 0.717) is 28.3 Å². The molecule has 2 heterocycles. The highest BCUT2D eigenvalue weighted by Crippen LogP contribution is 2.40. The quantitative estimate of drug-likeness (QED) is 0.527. The zero-order chi connectivity index (χ0) is 16.0. The van der Waals surface area contributed by atoms with Crippen LogP contribution in [-0.4, -0.2) is 21.4 Å². The van der Waals surface area contributed by atoms with Gasteiger partial charge >= 0.3 is 0 Å². The SMILES string of the molecule is O=[N+]([O-])c1cccc2ncnc(N3CCc4ccc(Cl)cc43)c12. The van der Waals surface area contributed by atoms with Gasteiger partial charge in [-0.15, -0.1) is 0 Å². The molecule has 23 heavy (non-hydrogen) atoms. The molecule has 0 N–H and O–H groups in total. The molecule has 0 unspecified atom stereocenters. The number of nitro groups is 1. The number of nitrogens with zero attached hydrogens (tertiary/aromatic N) is 4. The molecule has 0 atom stereocenters. The van der Waals surface area contributed by atoms with Crippen molar-refractivity contribution in [2.45, 2.75) is 6.42 Å². The highest BCUT2D eigenvalue weighted by Gasteiger charge is 2.26. The average Bonchev–Trinajstić information content (AvgIpc) is 2.96. The first-order valence-electron chi connectivity index (χ1n) is 7.09. The van der Waals surface area contributed by atoms with Crippen molar-refractivity contribution in [3.8, 4) is 0 Å². The molecule has 1 aliphatic heterocycles. The lowest BCUT2D eigenvalue weighted by atomic mass is 10.1. The molecular formula is C16H11ClN4O2. The Hall–Kier alpha value is -2.73. The summed E-state index contributed by atoms with van der Waals surface area (Å²) in [5, 5.41) is 12.5. The van der Waals surface area contributed by atoms with Crippen molar-refractivity contribution in [2.24, 2.45) is 0 Å².